The Kier molecular flexibility index (Phi) is 5.15. The molecule has 3 nitrogen and oxygen atoms in total. The van der Waals surface area contributed by atoms with E-state index in [4.69, 9.17) is 4.74 Å². The largest absolute Gasteiger partial charge is 0.491 e. The molecule has 0 spiro atoms. The van der Waals surface area contributed by atoms with Crippen molar-refractivity contribution in [1.82, 2.24) is 5.32 Å². The van der Waals surface area contributed by atoms with Crippen molar-refractivity contribution in [3.8, 4) is 5.75 Å². The molecule has 0 aliphatic rings. The van der Waals surface area contributed by atoms with Crippen molar-refractivity contribution in [3.63, 3.8) is 0 Å². The maximum absolute atomic E-state index is 12.8. The molecule has 1 N–H and O–H groups in total. The van der Waals surface area contributed by atoms with Gasteiger partial charge in [-0.2, -0.15) is 0 Å². The fourth-order valence-electron chi connectivity index (χ4n) is 2.12. The summed E-state index contributed by atoms with van der Waals surface area (Å²) in [5, 5.41) is 2.75. The van der Waals surface area contributed by atoms with Crippen molar-refractivity contribution in [3.05, 3.63) is 64.5 Å². The first-order valence-electron chi connectivity index (χ1n) is 7.22. The number of hydrogen-bond donors (Lipinski definition) is 1. The summed E-state index contributed by atoms with van der Waals surface area (Å²) in [4.78, 5) is 11.8. The summed E-state index contributed by atoms with van der Waals surface area (Å²) in [6, 6.07) is 9.54. The lowest BCUT2D eigenvalue weighted by molar-refractivity contribution is 0.0947. The van der Waals surface area contributed by atoms with Crippen molar-refractivity contribution in [2.45, 2.75) is 20.8 Å². The second-order valence-corrected chi connectivity index (χ2v) is 5.31. The predicted molar refractivity (Wildman–Crippen MR) is 84.9 cm³/mol. The highest BCUT2D eigenvalue weighted by Crippen LogP contribution is 2.22. The van der Waals surface area contributed by atoms with Gasteiger partial charge in [0, 0.05) is 5.56 Å². The first kappa shape index (κ1) is 16.0. The van der Waals surface area contributed by atoms with Crippen molar-refractivity contribution in [2.24, 2.45) is 0 Å². The van der Waals surface area contributed by atoms with Gasteiger partial charge in [0.25, 0.3) is 5.91 Å². The van der Waals surface area contributed by atoms with Crippen molar-refractivity contribution in [1.29, 1.82) is 0 Å². The Morgan fingerprint density at radius 3 is 2.36 bits per heavy atom. The van der Waals surface area contributed by atoms with E-state index >= 15 is 0 Å². The molecule has 0 unspecified atom stereocenters. The summed E-state index contributed by atoms with van der Waals surface area (Å²) in [5.41, 5.74) is 3.92. The molecule has 1 amide bonds. The molecule has 2 aromatic rings. The lowest BCUT2D eigenvalue weighted by Gasteiger charge is -2.12. The zero-order valence-corrected chi connectivity index (χ0v) is 13.1. The Labute approximate surface area is 130 Å². The van der Waals surface area contributed by atoms with Gasteiger partial charge in [-0.15, -0.1) is 0 Å². The first-order valence-corrected chi connectivity index (χ1v) is 7.22. The summed E-state index contributed by atoms with van der Waals surface area (Å²) in [6.45, 7) is 6.88. The summed E-state index contributed by atoms with van der Waals surface area (Å²) in [7, 11) is 0. The van der Waals surface area contributed by atoms with Gasteiger partial charge in [-0.1, -0.05) is 6.07 Å². The topological polar surface area (TPSA) is 38.3 Å². The van der Waals surface area contributed by atoms with Crippen LogP contribution < -0.4 is 10.1 Å². The molecule has 2 aromatic carbocycles. The minimum atomic E-state index is -0.356. The molecular formula is C18H20FNO2. The van der Waals surface area contributed by atoms with Gasteiger partial charge in [-0.05, 0) is 67.8 Å². The van der Waals surface area contributed by atoms with Crippen molar-refractivity contribution >= 4 is 5.91 Å². The molecule has 0 radical (unpaired) electrons. The minimum Gasteiger partial charge on any atom is -0.491 e. The lowest BCUT2D eigenvalue weighted by Crippen LogP contribution is -2.28. The smallest absolute Gasteiger partial charge is 0.251 e. The Balaban J connectivity index is 1.83. The van der Waals surface area contributed by atoms with E-state index < -0.39 is 0 Å². The molecule has 116 valence electrons. The predicted octanol–water partition coefficient (Wildman–Crippen LogP) is 3.56. The van der Waals surface area contributed by atoms with Gasteiger partial charge in [0.15, 0.2) is 0 Å². The van der Waals surface area contributed by atoms with Gasteiger partial charge >= 0.3 is 0 Å². The van der Waals surface area contributed by atoms with Crippen LogP contribution in [0.15, 0.2) is 36.4 Å². The van der Waals surface area contributed by atoms with E-state index in [2.05, 4.69) is 18.3 Å². The molecule has 2 rings (SSSR count). The highest BCUT2D eigenvalue weighted by molar-refractivity contribution is 5.94. The van der Waals surface area contributed by atoms with Crippen LogP contribution in [0.1, 0.15) is 27.0 Å². The van der Waals surface area contributed by atoms with Crippen LogP contribution >= 0.6 is 0 Å². The van der Waals surface area contributed by atoms with E-state index in [-0.39, 0.29) is 11.7 Å². The van der Waals surface area contributed by atoms with E-state index in [0.717, 1.165) is 11.3 Å². The number of nitrogens with one attached hydrogen (secondary N) is 1. The molecule has 22 heavy (non-hydrogen) atoms. The Bertz CT molecular complexity index is 666. The summed E-state index contributed by atoms with van der Waals surface area (Å²) in [6.07, 6.45) is 0. The Morgan fingerprint density at radius 1 is 1.05 bits per heavy atom. The van der Waals surface area contributed by atoms with E-state index in [9.17, 15) is 9.18 Å². The highest BCUT2D eigenvalue weighted by atomic mass is 19.1. The molecule has 0 saturated heterocycles. The third-order valence-electron chi connectivity index (χ3n) is 3.54. The number of benzene rings is 2. The first-order chi connectivity index (χ1) is 10.5. The van der Waals surface area contributed by atoms with E-state index in [1.807, 2.05) is 19.9 Å². The SMILES string of the molecule is Cc1cc(C)c(OCCNC(=O)c2ccc(F)cc2)cc1C. The van der Waals surface area contributed by atoms with Crippen LogP contribution in [0.4, 0.5) is 4.39 Å². The number of rotatable bonds is 5. The fourth-order valence-corrected chi connectivity index (χ4v) is 2.12. The third kappa shape index (κ3) is 4.07. The van der Waals surface area contributed by atoms with Crippen molar-refractivity contribution in [2.75, 3.05) is 13.2 Å². The zero-order chi connectivity index (χ0) is 16.1. The van der Waals surface area contributed by atoms with Crippen LogP contribution in [0.3, 0.4) is 0 Å². The number of amides is 1. The molecular weight excluding hydrogens is 281 g/mol. The number of carbonyl (C=O) groups is 1. The molecule has 0 saturated carbocycles. The summed E-state index contributed by atoms with van der Waals surface area (Å²) in [5.74, 6) is 0.240. The van der Waals surface area contributed by atoms with Crippen LogP contribution in [0.25, 0.3) is 0 Å². The van der Waals surface area contributed by atoms with Gasteiger partial charge < -0.3 is 10.1 Å². The van der Waals surface area contributed by atoms with Crippen LogP contribution in [-0.4, -0.2) is 19.1 Å². The molecule has 0 bridgehead atoms. The summed E-state index contributed by atoms with van der Waals surface area (Å²) >= 11 is 0. The quantitative estimate of drug-likeness (QED) is 0.858. The van der Waals surface area contributed by atoms with Crippen LogP contribution in [-0.2, 0) is 0 Å². The molecule has 0 aromatic heterocycles. The average molecular weight is 301 g/mol. The number of aryl methyl sites for hydroxylation is 3. The lowest BCUT2D eigenvalue weighted by atomic mass is 10.1. The van der Waals surface area contributed by atoms with E-state index in [1.165, 1.54) is 35.4 Å². The zero-order valence-electron chi connectivity index (χ0n) is 13.1. The third-order valence-corrected chi connectivity index (χ3v) is 3.54. The van der Waals surface area contributed by atoms with Gasteiger partial charge in [0.2, 0.25) is 0 Å². The number of halogens is 1. The molecule has 0 heterocycles. The van der Waals surface area contributed by atoms with Crippen LogP contribution in [0.2, 0.25) is 0 Å². The van der Waals surface area contributed by atoms with Crippen LogP contribution in [0, 0.1) is 26.6 Å². The minimum absolute atomic E-state index is 0.236. The molecule has 0 atom stereocenters. The molecule has 4 heteroatoms. The average Bonchev–Trinajstić information content (AvgIpc) is 2.49. The maximum atomic E-state index is 12.8. The van der Waals surface area contributed by atoms with Gasteiger partial charge in [0.05, 0.1) is 6.54 Å². The number of hydrogen-bond acceptors (Lipinski definition) is 2. The van der Waals surface area contributed by atoms with Gasteiger partial charge in [-0.25, -0.2) is 4.39 Å². The molecule has 0 aliphatic carbocycles. The second-order valence-electron chi connectivity index (χ2n) is 5.31. The highest BCUT2D eigenvalue weighted by Gasteiger charge is 2.06. The van der Waals surface area contributed by atoms with Gasteiger partial charge in [-0.3, -0.25) is 4.79 Å². The standard InChI is InChI=1S/C18H20FNO2/c1-12-10-14(3)17(11-13(12)2)22-9-8-20-18(21)15-4-6-16(19)7-5-15/h4-7,10-11H,8-9H2,1-3H3,(H,20,21). The van der Waals surface area contributed by atoms with E-state index in [1.54, 1.807) is 0 Å². The molecule has 0 fully saturated rings. The second kappa shape index (κ2) is 7.07. The summed E-state index contributed by atoms with van der Waals surface area (Å²) < 4.78 is 18.5. The monoisotopic (exact) mass is 301 g/mol. The van der Waals surface area contributed by atoms with E-state index in [0.29, 0.717) is 18.7 Å². The van der Waals surface area contributed by atoms with Crippen molar-refractivity contribution < 1.29 is 13.9 Å². The Morgan fingerprint density at radius 2 is 1.68 bits per heavy atom. The fraction of sp³-hybridized carbons (Fsp3) is 0.278. The van der Waals surface area contributed by atoms with Crippen LogP contribution in [0.5, 0.6) is 5.75 Å². The normalized spacial score (nSPS) is 10.4. The molecule has 0 aliphatic heterocycles. The number of carbonyl (C=O) groups excluding carboxylic acids is 1. The number of ether oxygens (including phenoxy) is 1. The maximum Gasteiger partial charge on any atom is 0.251 e. The van der Waals surface area contributed by atoms with Gasteiger partial charge in [0.1, 0.15) is 18.2 Å². The Hall–Kier alpha value is -2.36.